The van der Waals surface area contributed by atoms with Crippen LogP contribution in [-0.2, 0) is 13.6 Å². The van der Waals surface area contributed by atoms with Gasteiger partial charge in [0.1, 0.15) is 0 Å². The number of aliphatic hydroxyl groups is 1. The second-order valence-corrected chi connectivity index (χ2v) is 12.0. The second-order valence-electron chi connectivity index (χ2n) is 6.78. The molecule has 0 saturated heterocycles. The van der Waals surface area contributed by atoms with Gasteiger partial charge in [0.25, 0.3) is 0 Å². The summed E-state index contributed by atoms with van der Waals surface area (Å²) in [6.07, 6.45) is -0.677. The minimum Gasteiger partial charge on any atom is -0.373 e. The zero-order chi connectivity index (χ0) is 19.4. The molecule has 142 valence electrons. The summed E-state index contributed by atoms with van der Waals surface area (Å²) in [7, 11) is -5.24. The predicted octanol–water partition coefficient (Wildman–Crippen LogP) is 4.83. The summed E-state index contributed by atoms with van der Waals surface area (Å²) in [6.45, 7) is 8.74. The maximum Gasteiger partial charge on any atom is 0.367 e. The van der Waals surface area contributed by atoms with Gasteiger partial charge in [-0.15, -0.1) is 0 Å². The minimum atomic E-state index is -3.84. The van der Waals surface area contributed by atoms with Crippen molar-refractivity contribution in [2.24, 2.45) is 0 Å². The molecule has 0 bridgehead atoms. The number of hydrogen-bond acceptors (Lipinski definition) is 4. The van der Waals surface area contributed by atoms with Crippen molar-refractivity contribution in [3.05, 3.63) is 60.7 Å². The molecular weight excluding hydrogens is 366 g/mol. The van der Waals surface area contributed by atoms with Crippen molar-refractivity contribution in [1.82, 2.24) is 0 Å². The molecule has 2 rings (SSSR count). The first-order valence-corrected chi connectivity index (χ1v) is 11.7. The van der Waals surface area contributed by atoms with Crippen molar-refractivity contribution in [3.63, 3.8) is 0 Å². The Morgan fingerprint density at radius 2 is 1.19 bits per heavy atom. The van der Waals surface area contributed by atoms with Crippen LogP contribution in [0, 0.1) is 0 Å². The average Bonchev–Trinajstić information content (AvgIpc) is 2.55. The van der Waals surface area contributed by atoms with Gasteiger partial charge in [0.05, 0.1) is 12.2 Å². The van der Waals surface area contributed by atoms with Crippen molar-refractivity contribution in [3.8, 4) is 0 Å². The van der Waals surface area contributed by atoms with Gasteiger partial charge in [-0.2, -0.15) is 0 Å². The fraction of sp³-hybridized carbons (Fsp3) is 0.400. The summed E-state index contributed by atoms with van der Waals surface area (Å²) in [5.74, 6) is 0. The smallest absolute Gasteiger partial charge is 0.367 e. The van der Waals surface area contributed by atoms with Gasteiger partial charge in [0.2, 0.25) is 0 Å². The quantitative estimate of drug-likeness (QED) is 0.652. The zero-order valence-electron chi connectivity index (χ0n) is 16.0. The summed E-state index contributed by atoms with van der Waals surface area (Å²) in [5, 5.41) is 11.8. The van der Waals surface area contributed by atoms with Crippen LogP contribution in [0.4, 0.5) is 0 Å². The van der Waals surface area contributed by atoms with Crippen LogP contribution in [-0.4, -0.2) is 22.4 Å². The van der Waals surface area contributed by atoms with Crippen LogP contribution in [0.25, 0.3) is 0 Å². The summed E-state index contributed by atoms with van der Waals surface area (Å²) in [6, 6.07) is 19.3. The lowest BCUT2D eigenvalue weighted by Gasteiger charge is -2.40. The van der Waals surface area contributed by atoms with Gasteiger partial charge in [0, 0.05) is 7.92 Å². The van der Waals surface area contributed by atoms with Crippen LogP contribution in [0.1, 0.15) is 34.6 Å². The molecule has 26 heavy (non-hydrogen) atoms. The lowest BCUT2D eigenvalue weighted by atomic mass is 10.4. The average molecular weight is 394 g/mol. The lowest BCUT2D eigenvalue weighted by Crippen LogP contribution is -2.34. The van der Waals surface area contributed by atoms with Gasteiger partial charge in [-0.3, -0.25) is 4.57 Å². The molecule has 2 aromatic rings. The third-order valence-corrected chi connectivity index (χ3v) is 9.92. The Hall–Kier alpha value is -1.02. The molecule has 1 unspecified atom stereocenters. The van der Waals surface area contributed by atoms with Gasteiger partial charge < -0.3 is 14.2 Å². The molecule has 0 radical (unpaired) electrons. The molecule has 1 atom stereocenters. The molecule has 0 saturated carbocycles. The molecule has 0 heterocycles. The van der Waals surface area contributed by atoms with Gasteiger partial charge in [-0.05, 0) is 45.2 Å². The van der Waals surface area contributed by atoms with Crippen molar-refractivity contribution in [1.29, 1.82) is 0 Å². The van der Waals surface area contributed by atoms with E-state index in [0.29, 0.717) is 0 Å². The van der Waals surface area contributed by atoms with Crippen LogP contribution >= 0.6 is 15.5 Å². The van der Waals surface area contributed by atoms with Crippen LogP contribution in [0.5, 0.6) is 0 Å². The van der Waals surface area contributed by atoms with E-state index < -0.39 is 20.6 Å². The molecule has 1 N–H and O–H groups in total. The Morgan fingerprint density at radius 1 is 0.846 bits per heavy atom. The zero-order valence-corrected chi connectivity index (χ0v) is 17.8. The predicted molar refractivity (Wildman–Crippen MR) is 110 cm³/mol. The first-order valence-electron chi connectivity index (χ1n) is 8.77. The van der Waals surface area contributed by atoms with Crippen molar-refractivity contribution in [2.75, 3.05) is 0 Å². The third-order valence-electron chi connectivity index (χ3n) is 3.67. The highest BCUT2D eigenvalue weighted by molar-refractivity contribution is 7.84. The first kappa shape index (κ1) is 21.3. The Bertz CT molecular complexity index is 676. The number of benzene rings is 2. The molecule has 0 aliphatic heterocycles. The summed E-state index contributed by atoms with van der Waals surface area (Å²) in [4.78, 5) is 0. The summed E-state index contributed by atoms with van der Waals surface area (Å²) in [5.41, 5.74) is 0. The molecule has 0 aliphatic rings. The van der Waals surface area contributed by atoms with Crippen LogP contribution in [0.15, 0.2) is 60.7 Å². The van der Waals surface area contributed by atoms with Crippen molar-refractivity contribution >= 4 is 26.1 Å². The number of rotatable bonds is 8. The topological polar surface area (TPSA) is 55.8 Å². The van der Waals surface area contributed by atoms with Crippen LogP contribution in [0.2, 0.25) is 0 Å². The third kappa shape index (κ3) is 4.82. The summed E-state index contributed by atoms with van der Waals surface area (Å²) < 4.78 is 25.2. The van der Waals surface area contributed by atoms with Crippen molar-refractivity contribution < 1.29 is 18.7 Å². The molecule has 4 nitrogen and oxygen atoms in total. The van der Waals surface area contributed by atoms with E-state index in [0.717, 1.165) is 10.6 Å². The van der Waals surface area contributed by atoms with E-state index in [2.05, 4.69) is 0 Å². The van der Waals surface area contributed by atoms with E-state index in [9.17, 15) is 9.67 Å². The highest BCUT2D eigenvalue weighted by Crippen LogP contribution is 2.71. The molecular formula is C20H28O4P2. The Balaban J connectivity index is 2.62. The normalized spacial score (nSPS) is 14.8. The molecule has 0 fully saturated rings. The second kappa shape index (κ2) is 8.78. The van der Waals surface area contributed by atoms with E-state index in [4.69, 9.17) is 9.05 Å². The monoisotopic (exact) mass is 394 g/mol. The van der Waals surface area contributed by atoms with Gasteiger partial charge in [0.15, 0.2) is 5.08 Å². The van der Waals surface area contributed by atoms with E-state index in [1.165, 1.54) is 0 Å². The van der Waals surface area contributed by atoms with Crippen LogP contribution in [0.3, 0.4) is 0 Å². The maximum absolute atomic E-state index is 13.8. The number of hydrogen-bond donors (Lipinski definition) is 1. The van der Waals surface area contributed by atoms with Gasteiger partial charge in [-0.1, -0.05) is 60.7 Å². The Labute approximate surface area is 157 Å². The minimum absolute atomic E-state index is 0.338. The molecule has 0 spiro atoms. The molecule has 0 aliphatic carbocycles. The van der Waals surface area contributed by atoms with Gasteiger partial charge >= 0.3 is 7.60 Å². The van der Waals surface area contributed by atoms with E-state index in [1.54, 1.807) is 34.6 Å². The highest BCUT2D eigenvalue weighted by Gasteiger charge is 2.53. The molecule has 2 aromatic carbocycles. The first-order chi connectivity index (χ1) is 12.2. The molecule has 0 amide bonds. The van der Waals surface area contributed by atoms with E-state index in [1.807, 2.05) is 60.7 Å². The van der Waals surface area contributed by atoms with Crippen LogP contribution < -0.4 is 10.6 Å². The fourth-order valence-electron chi connectivity index (χ4n) is 2.69. The summed E-state index contributed by atoms with van der Waals surface area (Å²) >= 11 is 0. The maximum atomic E-state index is 13.8. The molecule has 6 heteroatoms. The Kier molecular flexibility index (Phi) is 7.19. The van der Waals surface area contributed by atoms with E-state index >= 15 is 0 Å². The van der Waals surface area contributed by atoms with Crippen molar-refractivity contribution in [2.45, 2.75) is 51.9 Å². The largest absolute Gasteiger partial charge is 0.373 e. The molecule has 0 aromatic heterocycles. The lowest BCUT2D eigenvalue weighted by molar-refractivity contribution is 0.0936. The van der Waals surface area contributed by atoms with E-state index in [-0.39, 0.29) is 12.2 Å². The Morgan fingerprint density at radius 3 is 1.50 bits per heavy atom. The SMILES string of the molecule is CC(C)OP(=O)(OC(C)C)C(C)(O)P(c1ccccc1)c1ccccc1. The standard InChI is InChI=1S/C20H28O4P2/c1-16(2)23-26(22,24-17(3)4)20(5,21)25(18-12-8-6-9-13-18)19-14-10-7-11-15-19/h6-17,21H,1-5H3. The fourth-order valence-corrected chi connectivity index (χ4v) is 8.43. The highest BCUT2D eigenvalue weighted by atomic mass is 31.2. The van der Waals surface area contributed by atoms with Gasteiger partial charge in [-0.25, -0.2) is 0 Å².